The minimum absolute atomic E-state index is 0.0111. The van der Waals surface area contributed by atoms with Gasteiger partial charge in [-0.15, -0.1) is 0 Å². The number of rotatable bonds is 6. The highest BCUT2D eigenvalue weighted by Gasteiger charge is 2.09. The Morgan fingerprint density at radius 3 is 2.90 bits per heavy atom. The van der Waals surface area contributed by atoms with Crippen molar-refractivity contribution < 1.29 is 14.4 Å². The zero-order chi connectivity index (χ0) is 15.2. The number of hydrogen-bond donors (Lipinski definition) is 3. The fraction of sp³-hybridized carbons (Fsp3) is 0.286. The van der Waals surface area contributed by atoms with Crippen LogP contribution in [0.1, 0.15) is 22.8 Å². The average Bonchev–Trinajstić information content (AvgIpc) is 2.91. The van der Waals surface area contributed by atoms with E-state index >= 15 is 0 Å². The predicted molar refractivity (Wildman–Crippen MR) is 77.3 cm³/mol. The highest BCUT2D eigenvalue weighted by atomic mass is 16.5. The van der Waals surface area contributed by atoms with Gasteiger partial charge in [-0.2, -0.15) is 0 Å². The second-order valence-corrected chi connectivity index (χ2v) is 4.49. The lowest BCUT2D eigenvalue weighted by Crippen LogP contribution is -2.17. The fourth-order valence-corrected chi connectivity index (χ4v) is 1.92. The van der Waals surface area contributed by atoms with Crippen LogP contribution in [0.4, 0.5) is 0 Å². The molecule has 0 aliphatic rings. The van der Waals surface area contributed by atoms with Crippen LogP contribution in [0.2, 0.25) is 0 Å². The molecule has 1 aromatic carbocycles. The quantitative estimate of drug-likeness (QED) is 0.321. The van der Waals surface area contributed by atoms with Crippen molar-refractivity contribution in [3.63, 3.8) is 0 Å². The van der Waals surface area contributed by atoms with Crippen LogP contribution in [0.5, 0.6) is 5.75 Å². The molecular formula is C14H18N4O3. The summed E-state index contributed by atoms with van der Waals surface area (Å²) >= 11 is 0. The second kappa shape index (κ2) is 6.76. The molecule has 0 aliphatic heterocycles. The summed E-state index contributed by atoms with van der Waals surface area (Å²) in [5.41, 5.74) is 7.16. The van der Waals surface area contributed by atoms with Crippen LogP contribution in [0.15, 0.2) is 34.0 Å². The molecule has 0 amide bonds. The first-order chi connectivity index (χ1) is 10.1. The molecule has 7 nitrogen and oxygen atoms in total. The number of nitrogens with two attached hydrogens (primary N) is 1. The molecule has 4 N–H and O–H groups in total. The Morgan fingerprint density at radius 2 is 2.29 bits per heavy atom. The van der Waals surface area contributed by atoms with Gasteiger partial charge >= 0.3 is 0 Å². The van der Waals surface area contributed by atoms with Crippen LogP contribution in [0, 0.1) is 6.92 Å². The molecule has 21 heavy (non-hydrogen) atoms. The van der Waals surface area contributed by atoms with Gasteiger partial charge in [-0.1, -0.05) is 11.2 Å². The number of benzene rings is 1. The number of nitrogens with zero attached hydrogens (tertiary/aromatic N) is 2. The molecule has 0 unspecified atom stereocenters. The molecule has 1 aromatic heterocycles. The van der Waals surface area contributed by atoms with Gasteiger partial charge in [0.05, 0.1) is 25.4 Å². The van der Waals surface area contributed by atoms with E-state index in [0.717, 1.165) is 11.3 Å². The van der Waals surface area contributed by atoms with E-state index in [9.17, 15) is 0 Å². The summed E-state index contributed by atoms with van der Waals surface area (Å²) in [5, 5.41) is 15.0. The van der Waals surface area contributed by atoms with Crippen LogP contribution in [-0.4, -0.2) is 23.1 Å². The van der Waals surface area contributed by atoms with Crippen molar-refractivity contribution >= 4 is 5.84 Å². The Balaban J connectivity index is 2.03. The molecule has 0 saturated carbocycles. The van der Waals surface area contributed by atoms with Gasteiger partial charge in [0.25, 0.3) is 0 Å². The summed E-state index contributed by atoms with van der Waals surface area (Å²) in [6, 6.07) is 5.49. The lowest BCUT2D eigenvalue weighted by atomic mass is 10.1. The molecular weight excluding hydrogens is 272 g/mol. The number of oxime groups is 1. The normalized spacial score (nSPS) is 11.6. The second-order valence-electron chi connectivity index (χ2n) is 4.49. The smallest absolute Gasteiger partial charge is 0.208 e. The molecule has 0 radical (unpaired) electrons. The van der Waals surface area contributed by atoms with Gasteiger partial charge in [-0.3, -0.25) is 0 Å². The van der Waals surface area contributed by atoms with Gasteiger partial charge in [0.1, 0.15) is 11.5 Å². The molecule has 0 aliphatic carbocycles. The lowest BCUT2D eigenvalue weighted by molar-refractivity contribution is 0.318. The Morgan fingerprint density at radius 1 is 1.48 bits per heavy atom. The van der Waals surface area contributed by atoms with Gasteiger partial charge in [0.2, 0.25) is 5.89 Å². The standard InChI is InChI=1S/C14H18N4O3/c1-9-6-17-13(21-9)8-16-7-10-3-4-12(20-2)11(5-10)14(15)18-19/h3-6,16,19H,7-8H2,1-2H3,(H2,15,18). The molecule has 2 rings (SSSR count). The SMILES string of the molecule is COc1ccc(CNCc2ncc(C)o2)cc1/C(N)=N/O. The summed E-state index contributed by atoms with van der Waals surface area (Å²) in [6.45, 7) is 2.97. The van der Waals surface area contributed by atoms with Crippen LogP contribution in [0.3, 0.4) is 0 Å². The van der Waals surface area contributed by atoms with E-state index in [2.05, 4.69) is 15.5 Å². The molecule has 0 atom stereocenters. The highest BCUT2D eigenvalue weighted by Crippen LogP contribution is 2.19. The van der Waals surface area contributed by atoms with Crippen molar-refractivity contribution in [2.45, 2.75) is 20.0 Å². The fourth-order valence-electron chi connectivity index (χ4n) is 1.92. The van der Waals surface area contributed by atoms with Crippen molar-refractivity contribution in [1.82, 2.24) is 10.3 Å². The highest BCUT2D eigenvalue weighted by molar-refractivity contribution is 5.99. The Bertz CT molecular complexity index is 637. The summed E-state index contributed by atoms with van der Waals surface area (Å²) in [6.07, 6.45) is 1.68. The largest absolute Gasteiger partial charge is 0.496 e. The lowest BCUT2D eigenvalue weighted by Gasteiger charge is -2.10. The van der Waals surface area contributed by atoms with E-state index in [1.54, 1.807) is 12.3 Å². The van der Waals surface area contributed by atoms with Crippen molar-refractivity contribution in [1.29, 1.82) is 0 Å². The Hall–Kier alpha value is -2.54. The molecule has 2 aromatic rings. The molecule has 1 heterocycles. The molecule has 7 heteroatoms. The Labute approximate surface area is 122 Å². The Kier molecular flexibility index (Phi) is 4.78. The zero-order valence-corrected chi connectivity index (χ0v) is 12.0. The maximum atomic E-state index is 8.80. The number of aromatic nitrogens is 1. The molecule has 0 fully saturated rings. The number of methoxy groups -OCH3 is 1. The number of oxazole rings is 1. The summed E-state index contributed by atoms with van der Waals surface area (Å²) in [5.74, 6) is 1.98. The van der Waals surface area contributed by atoms with Crippen molar-refractivity contribution in [2.75, 3.05) is 7.11 Å². The maximum absolute atomic E-state index is 8.80. The number of nitrogens with one attached hydrogen (secondary N) is 1. The van der Waals surface area contributed by atoms with Gasteiger partial charge in [-0.05, 0) is 24.6 Å². The van der Waals surface area contributed by atoms with Gasteiger partial charge in [0.15, 0.2) is 5.84 Å². The average molecular weight is 290 g/mol. The number of amidine groups is 1. The first-order valence-corrected chi connectivity index (χ1v) is 6.41. The molecule has 0 spiro atoms. The number of ether oxygens (including phenoxy) is 1. The van der Waals surface area contributed by atoms with E-state index in [-0.39, 0.29) is 5.84 Å². The third-order valence-electron chi connectivity index (χ3n) is 2.92. The van der Waals surface area contributed by atoms with E-state index in [1.807, 2.05) is 19.1 Å². The van der Waals surface area contributed by atoms with Crippen LogP contribution >= 0.6 is 0 Å². The number of hydrogen-bond acceptors (Lipinski definition) is 6. The van der Waals surface area contributed by atoms with E-state index in [1.165, 1.54) is 7.11 Å². The zero-order valence-electron chi connectivity index (χ0n) is 12.0. The van der Waals surface area contributed by atoms with Gasteiger partial charge in [-0.25, -0.2) is 4.98 Å². The van der Waals surface area contributed by atoms with Gasteiger partial charge < -0.3 is 25.4 Å². The molecule has 0 saturated heterocycles. The van der Waals surface area contributed by atoms with Crippen LogP contribution in [-0.2, 0) is 13.1 Å². The van der Waals surface area contributed by atoms with Crippen LogP contribution < -0.4 is 15.8 Å². The molecule has 112 valence electrons. The molecule has 0 bridgehead atoms. The van der Waals surface area contributed by atoms with Crippen molar-refractivity contribution in [3.8, 4) is 5.75 Å². The van der Waals surface area contributed by atoms with Crippen LogP contribution in [0.25, 0.3) is 0 Å². The minimum Gasteiger partial charge on any atom is -0.496 e. The van der Waals surface area contributed by atoms with Crippen molar-refractivity contribution in [2.24, 2.45) is 10.9 Å². The van der Waals surface area contributed by atoms with E-state index < -0.39 is 0 Å². The maximum Gasteiger partial charge on any atom is 0.208 e. The monoisotopic (exact) mass is 290 g/mol. The first-order valence-electron chi connectivity index (χ1n) is 6.41. The minimum atomic E-state index is 0.0111. The predicted octanol–water partition coefficient (Wildman–Crippen LogP) is 1.38. The summed E-state index contributed by atoms with van der Waals surface area (Å²) < 4.78 is 10.6. The third-order valence-corrected chi connectivity index (χ3v) is 2.92. The topological polar surface area (TPSA) is 106 Å². The third kappa shape index (κ3) is 3.73. The van der Waals surface area contributed by atoms with Gasteiger partial charge in [0, 0.05) is 6.54 Å². The summed E-state index contributed by atoms with van der Waals surface area (Å²) in [7, 11) is 1.53. The van der Waals surface area contributed by atoms with E-state index in [4.69, 9.17) is 20.1 Å². The first kappa shape index (κ1) is 14.9. The van der Waals surface area contributed by atoms with E-state index in [0.29, 0.717) is 30.3 Å². The van der Waals surface area contributed by atoms with Crippen molar-refractivity contribution in [3.05, 3.63) is 47.2 Å². The number of aryl methyl sites for hydroxylation is 1. The summed E-state index contributed by atoms with van der Waals surface area (Å²) in [4.78, 5) is 4.11.